The maximum absolute atomic E-state index is 12.3. The molecule has 2 N–H and O–H groups in total. The second-order valence-corrected chi connectivity index (χ2v) is 5.85. The molecule has 0 radical (unpaired) electrons. The van der Waals surface area contributed by atoms with Crippen LogP contribution in [0.25, 0.3) is 0 Å². The number of nitrogens with one attached hydrogen (secondary N) is 1. The zero-order chi connectivity index (χ0) is 13.0. The van der Waals surface area contributed by atoms with Crippen LogP contribution in [-0.2, 0) is 4.79 Å². The van der Waals surface area contributed by atoms with Gasteiger partial charge in [0, 0.05) is 13.0 Å². The van der Waals surface area contributed by atoms with E-state index in [2.05, 4.69) is 12.2 Å². The van der Waals surface area contributed by atoms with E-state index < -0.39 is 0 Å². The molecule has 0 saturated carbocycles. The number of rotatable bonds is 4. The summed E-state index contributed by atoms with van der Waals surface area (Å²) in [6.07, 6.45) is 5.11. The van der Waals surface area contributed by atoms with E-state index in [1.807, 2.05) is 4.90 Å². The van der Waals surface area contributed by atoms with Gasteiger partial charge in [0.2, 0.25) is 5.91 Å². The van der Waals surface area contributed by atoms with Gasteiger partial charge in [0.05, 0.1) is 12.6 Å². The quantitative estimate of drug-likeness (QED) is 0.787. The van der Waals surface area contributed by atoms with Crippen LogP contribution in [-0.4, -0.2) is 48.2 Å². The fraction of sp³-hybridized carbons (Fsp3) is 0.929. The van der Waals surface area contributed by atoms with Gasteiger partial charge in [-0.1, -0.05) is 6.92 Å². The molecule has 0 aromatic carbocycles. The van der Waals surface area contributed by atoms with Crippen LogP contribution in [0, 0.1) is 11.8 Å². The summed E-state index contributed by atoms with van der Waals surface area (Å²) in [4.78, 5) is 14.2. The lowest BCUT2D eigenvalue weighted by Crippen LogP contribution is -2.40. The topological polar surface area (TPSA) is 52.6 Å². The first-order chi connectivity index (χ1) is 8.72. The van der Waals surface area contributed by atoms with E-state index >= 15 is 0 Å². The Morgan fingerprint density at radius 1 is 1.44 bits per heavy atom. The highest BCUT2D eigenvalue weighted by Crippen LogP contribution is 2.25. The summed E-state index contributed by atoms with van der Waals surface area (Å²) in [6.45, 7) is 5.32. The van der Waals surface area contributed by atoms with Gasteiger partial charge in [-0.05, 0) is 50.6 Å². The first-order valence-corrected chi connectivity index (χ1v) is 7.33. The molecule has 2 rings (SSSR count). The number of nitrogens with zero attached hydrogens (tertiary/aromatic N) is 1. The highest BCUT2D eigenvalue weighted by Gasteiger charge is 2.30. The Kier molecular flexibility index (Phi) is 5.01. The maximum atomic E-state index is 12.3. The zero-order valence-electron chi connectivity index (χ0n) is 11.4. The standard InChI is InChI=1S/C14H26N2O2/c1-11(12-4-2-6-15-9-12)8-14(18)16-7-3-5-13(16)10-17/h11-13,15,17H,2-10H2,1H3/t11?,12?,13-/m0/s1. The summed E-state index contributed by atoms with van der Waals surface area (Å²) in [5.74, 6) is 1.33. The molecule has 18 heavy (non-hydrogen) atoms. The summed E-state index contributed by atoms with van der Waals surface area (Å²) in [5, 5.41) is 12.7. The van der Waals surface area contributed by atoms with Gasteiger partial charge in [-0.15, -0.1) is 0 Å². The van der Waals surface area contributed by atoms with Crippen LogP contribution in [0.4, 0.5) is 0 Å². The van der Waals surface area contributed by atoms with Crippen molar-refractivity contribution >= 4 is 5.91 Å². The lowest BCUT2D eigenvalue weighted by molar-refractivity contribution is -0.134. The molecule has 3 atom stereocenters. The van der Waals surface area contributed by atoms with Crippen molar-refractivity contribution < 1.29 is 9.90 Å². The van der Waals surface area contributed by atoms with Crippen LogP contribution in [0.5, 0.6) is 0 Å². The minimum Gasteiger partial charge on any atom is -0.394 e. The second kappa shape index (κ2) is 6.53. The molecule has 2 aliphatic rings. The van der Waals surface area contributed by atoms with Crippen molar-refractivity contribution in [3.05, 3.63) is 0 Å². The van der Waals surface area contributed by atoms with E-state index in [1.165, 1.54) is 12.8 Å². The number of hydrogen-bond donors (Lipinski definition) is 2. The van der Waals surface area contributed by atoms with Gasteiger partial charge >= 0.3 is 0 Å². The highest BCUT2D eigenvalue weighted by molar-refractivity contribution is 5.77. The summed E-state index contributed by atoms with van der Waals surface area (Å²) < 4.78 is 0. The third kappa shape index (κ3) is 3.23. The molecule has 2 unspecified atom stereocenters. The first-order valence-electron chi connectivity index (χ1n) is 7.33. The zero-order valence-corrected chi connectivity index (χ0v) is 11.4. The van der Waals surface area contributed by atoms with Crippen LogP contribution in [0.3, 0.4) is 0 Å². The second-order valence-electron chi connectivity index (χ2n) is 5.85. The monoisotopic (exact) mass is 254 g/mol. The summed E-state index contributed by atoms with van der Waals surface area (Å²) in [6, 6.07) is 0.0779. The lowest BCUT2D eigenvalue weighted by Gasteiger charge is -2.30. The van der Waals surface area contributed by atoms with Gasteiger partial charge in [-0.3, -0.25) is 4.79 Å². The normalized spacial score (nSPS) is 30.4. The van der Waals surface area contributed by atoms with Crippen molar-refractivity contribution in [2.75, 3.05) is 26.2 Å². The van der Waals surface area contributed by atoms with Crippen LogP contribution >= 0.6 is 0 Å². The van der Waals surface area contributed by atoms with Gasteiger partial charge in [0.15, 0.2) is 0 Å². The van der Waals surface area contributed by atoms with Gasteiger partial charge in [0.25, 0.3) is 0 Å². The molecule has 1 amide bonds. The Morgan fingerprint density at radius 2 is 2.28 bits per heavy atom. The van der Waals surface area contributed by atoms with Gasteiger partial charge in [0.1, 0.15) is 0 Å². The van der Waals surface area contributed by atoms with Crippen molar-refractivity contribution in [1.82, 2.24) is 10.2 Å². The van der Waals surface area contributed by atoms with Crippen LogP contribution in [0.15, 0.2) is 0 Å². The summed E-state index contributed by atoms with van der Waals surface area (Å²) in [7, 11) is 0. The molecule has 2 heterocycles. The molecule has 2 aliphatic heterocycles. The van der Waals surface area contributed by atoms with E-state index in [0.717, 1.165) is 32.5 Å². The Balaban J connectivity index is 1.82. The Bertz CT molecular complexity index is 277. The molecule has 4 nitrogen and oxygen atoms in total. The van der Waals surface area contributed by atoms with Crippen LogP contribution in [0.1, 0.15) is 39.0 Å². The predicted molar refractivity (Wildman–Crippen MR) is 71.2 cm³/mol. The minimum absolute atomic E-state index is 0.0779. The molecule has 0 aromatic heterocycles. The molecular weight excluding hydrogens is 228 g/mol. The van der Waals surface area contributed by atoms with E-state index in [0.29, 0.717) is 18.3 Å². The van der Waals surface area contributed by atoms with Crippen molar-refractivity contribution in [2.45, 2.75) is 45.1 Å². The third-order valence-corrected chi connectivity index (χ3v) is 4.54. The van der Waals surface area contributed by atoms with Crippen molar-refractivity contribution in [1.29, 1.82) is 0 Å². The summed E-state index contributed by atoms with van der Waals surface area (Å²) in [5.41, 5.74) is 0. The number of carbonyl (C=O) groups excluding carboxylic acids is 1. The van der Waals surface area contributed by atoms with Crippen molar-refractivity contribution in [3.8, 4) is 0 Å². The molecule has 0 aromatic rings. The molecule has 104 valence electrons. The number of likely N-dealkylation sites (tertiary alicyclic amines) is 1. The van der Waals surface area contributed by atoms with E-state index in [1.54, 1.807) is 0 Å². The summed E-state index contributed by atoms with van der Waals surface area (Å²) >= 11 is 0. The molecule has 2 fully saturated rings. The fourth-order valence-electron chi connectivity index (χ4n) is 3.28. The third-order valence-electron chi connectivity index (χ3n) is 4.54. The van der Waals surface area contributed by atoms with Crippen LogP contribution < -0.4 is 5.32 Å². The van der Waals surface area contributed by atoms with Gasteiger partial charge in [-0.25, -0.2) is 0 Å². The number of amides is 1. The average molecular weight is 254 g/mol. The average Bonchev–Trinajstić information content (AvgIpc) is 2.88. The van der Waals surface area contributed by atoms with E-state index in [9.17, 15) is 9.90 Å². The number of aliphatic hydroxyl groups excluding tert-OH is 1. The molecule has 2 saturated heterocycles. The molecule has 0 aliphatic carbocycles. The Morgan fingerprint density at radius 3 is 2.94 bits per heavy atom. The molecule has 0 spiro atoms. The maximum Gasteiger partial charge on any atom is 0.223 e. The van der Waals surface area contributed by atoms with Crippen molar-refractivity contribution in [2.24, 2.45) is 11.8 Å². The fourth-order valence-corrected chi connectivity index (χ4v) is 3.28. The number of aliphatic hydroxyl groups is 1. The van der Waals surface area contributed by atoms with Gasteiger partial charge < -0.3 is 15.3 Å². The highest BCUT2D eigenvalue weighted by atomic mass is 16.3. The predicted octanol–water partition coefficient (Wildman–Crippen LogP) is 0.996. The Labute approximate surface area is 110 Å². The lowest BCUT2D eigenvalue weighted by atomic mass is 9.85. The van der Waals surface area contributed by atoms with E-state index in [-0.39, 0.29) is 18.6 Å². The van der Waals surface area contributed by atoms with Crippen molar-refractivity contribution in [3.63, 3.8) is 0 Å². The van der Waals surface area contributed by atoms with E-state index in [4.69, 9.17) is 0 Å². The number of piperidine rings is 1. The van der Waals surface area contributed by atoms with Crippen LogP contribution in [0.2, 0.25) is 0 Å². The SMILES string of the molecule is CC(CC(=O)N1CCC[C@H]1CO)C1CCCNC1. The van der Waals surface area contributed by atoms with Gasteiger partial charge in [-0.2, -0.15) is 0 Å². The number of hydrogen-bond acceptors (Lipinski definition) is 3. The number of carbonyl (C=O) groups is 1. The largest absolute Gasteiger partial charge is 0.394 e. The molecular formula is C14H26N2O2. The Hall–Kier alpha value is -0.610. The molecule has 0 bridgehead atoms. The molecule has 4 heteroatoms. The smallest absolute Gasteiger partial charge is 0.223 e. The first kappa shape index (κ1) is 13.8. The minimum atomic E-state index is 0.0779.